The molecule has 1 heterocycles. The van der Waals surface area contributed by atoms with Crippen LogP contribution in [0.1, 0.15) is 6.42 Å². The normalized spacial score (nSPS) is 26.8. The maximum absolute atomic E-state index is 11.0. The Labute approximate surface area is 73.7 Å². The molecule has 7 heteroatoms. The molecule has 1 saturated heterocycles. The van der Waals surface area contributed by atoms with Gasteiger partial charge in [-0.1, -0.05) is 0 Å². The maximum Gasteiger partial charge on any atom is 0.447 e. The minimum atomic E-state index is -1.19. The van der Waals surface area contributed by atoms with Gasteiger partial charge in [0.1, 0.15) is 6.04 Å². The van der Waals surface area contributed by atoms with E-state index in [1.807, 2.05) is 0 Å². The molecule has 74 valence electrons. The van der Waals surface area contributed by atoms with Gasteiger partial charge in [-0.15, -0.1) is 0 Å². The highest BCUT2D eigenvalue weighted by Gasteiger charge is 2.30. The van der Waals surface area contributed by atoms with Crippen molar-refractivity contribution in [2.24, 2.45) is 5.73 Å². The molecule has 4 N–H and O–H groups in total. The van der Waals surface area contributed by atoms with Crippen LogP contribution in [0.25, 0.3) is 0 Å². The highest BCUT2D eigenvalue weighted by molar-refractivity contribution is 5.76. The minimum Gasteiger partial charge on any atom is -0.392 e. The molecule has 1 aliphatic heterocycles. The highest BCUT2D eigenvalue weighted by atomic mass is 17.2. The molecule has 2 atom stereocenters. The molecule has 0 unspecified atom stereocenters. The number of aliphatic hydroxyl groups is 1. The first-order valence-corrected chi connectivity index (χ1v) is 3.69. The van der Waals surface area contributed by atoms with Gasteiger partial charge in [0.25, 0.3) is 0 Å². The fourth-order valence-electron chi connectivity index (χ4n) is 1.04. The molecule has 0 saturated carbocycles. The zero-order valence-electron chi connectivity index (χ0n) is 6.73. The SMILES string of the molecule is NC(=O)OOC(=O)[C@@H]1C[C@H](O)CN1. The predicted octanol–water partition coefficient (Wildman–Crippen LogP) is -1.74. The van der Waals surface area contributed by atoms with Crippen molar-refractivity contribution in [1.29, 1.82) is 0 Å². The van der Waals surface area contributed by atoms with Gasteiger partial charge in [-0.2, -0.15) is 0 Å². The van der Waals surface area contributed by atoms with Crippen molar-refractivity contribution in [3.8, 4) is 0 Å². The second-order valence-electron chi connectivity index (χ2n) is 2.66. The van der Waals surface area contributed by atoms with E-state index < -0.39 is 24.2 Å². The number of nitrogens with two attached hydrogens (primary N) is 1. The lowest BCUT2D eigenvalue weighted by atomic mass is 10.2. The topological polar surface area (TPSA) is 111 Å². The van der Waals surface area contributed by atoms with Crippen molar-refractivity contribution in [3.05, 3.63) is 0 Å². The summed E-state index contributed by atoms with van der Waals surface area (Å²) in [6.45, 7) is 0.316. The van der Waals surface area contributed by atoms with E-state index in [1.165, 1.54) is 0 Å². The molecule has 0 aromatic carbocycles. The van der Waals surface area contributed by atoms with Gasteiger partial charge in [-0.05, 0) is 0 Å². The van der Waals surface area contributed by atoms with E-state index in [2.05, 4.69) is 20.8 Å². The number of aliphatic hydroxyl groups excluding tert-OH is 1. The Hall–Kier alpha value is -1.34. The number of hydrogen-bond acceptors (Lipinski definition) is 6. The van der Waals surface area contributed by atoms with Crippen LogP contribution in [0, 0.1) is 0 Å². The van der Waals surface area contributed by atoms with Gasteiger partial charge < -0.3 is 16.2 Å². The summed E-state index contributed by atoms with van der Waals surface area (Å²) >= 11 is 0. The number of primary amides is 1. The van der Waals surface area contributed by atoms with E-state index in [-0.39, 0.29) is 6.42 Å². The Morgan fingerprint density at radius 3 is 2.62 bits per heavy atom. The number of rotatable bonds is 1. The molecule has 0 aromatic heterocycles. The Morgan fingerprint density at radius 1 is 1.46 bits per heavy atom. The zero-order valence-corrected chi connectivity index (χ0v) is 6.73. The summed E-state index contributed by atoms with van der Waals surface area (Å²) in [5, 5.41) is 11.7. The summed E-state index contributed by atoms with van der Waals surface area (Å²) in [7, 11) is 0. The fourth-order valence-corrected chi connectivity index (χ4v) is 1.04. The third-order valence-electron chi connectivity index (χ3n) is 1.60. The Balaban J connectivity index is 2.27. The molecule has 1 aliphatic rings. The molecular weight excluding hydrogens is 180 g/mol. The number of carbonyl (C=O) groups excluding carboxylic acids is 2. The quantitative estimate of drug-likeness (QED) is 0.334. The van der Waals surface area contributed by atoms with Gasteiger partial charge in [0, 0.05) is 13.0 Å². The Kier molecular flexibility index (Phi) is 3.04. The zero-order chi connectivity index (χ0) is 9.84. The highest BCUT2D eigenvalue weighted by Crippen LogP contribution is 2.07. The van der Waals surface area contributed by atoms with Crippen LogP contribution in [-0.4, -0.2) is 35.9 Å². The Bertz CT molecular complexity index is 219. The van der Waals surface area contributed by atoms with E-state index in [0.717, 1.165) is 0 Å². The maximum atomic E-state index is 11.0. The second-order valence-corrected chi connectivity index (χ2v) is 2.66. The summed E-state index contributed by atoms with van der Waals surface area (Å²) in [6, 6.07) is -0.644. The molecule has 1 fully saturated rings. The first-order chi connectivity index (χ1) is 6.09. The molecule has 0 aliphatic carbocycles. The molecule has 0 radical (unpaired) electrons. The van der Waals surface area contributed by atoms with Crippen molar-refractivity contribution in [1.82, 2.24) is 5.32 Å². The van der Waals surface area contributed by atoms with Crippen LogP contribution in [0.15, 0.2) is 0 Å². The van der Waals surface area contributed by atoms with Crippen LogP contribution in [-0.2, 0) is 14.6 Å². The van der Waals surface area contributed by atoms with Gasteiger partial charge in [0.2, 0.25) is 0 Å². The molecule has 7 nitrogen and oxygen atoms in total. The van der Waals surface area contributed by atoms with Crippen LogP contribution < -0.4 is 11.1 Å². The number of nitrogens with one attached hydrogen (secondary N) is 1. The van der Waals surface area contributed by atoms with Crippen LogP contribution in [0.2, 0.25) is 0 Å². The van der Waals surface area contributed by atoms with Crippen LogP contribution in [0.5, 0.6) is 0 Å². The molecule has 0 spiro atoms. The Morgan fingerprint density at radius 2 is 2.15 bits per heavy atom. The van der Waals surface area contributed by atoms with E-state index in [4.69, 9.17) is 5.11 Å². The van der Waals surface area contributed by atoms with Crippen molar-refractivity contribution in [2.75, 3.05) is 6.54 Å². The van der Waals surface area contributed by atoms with Gasteiger partial charge in [-0.25, -0.2) is 19.4 Å². The molecular formula is C6H10N2O5. The van der Waals surface area contributed by atoms with Gasteiger partial charge in [-0.3, -0.25) is 0 Å². The van der Waals surface area contributed by atoms with Crippen molar-refractivity contribution < 1.29 is 24.5 Å². The molecule has 0 bridgehead atoms. The largest absolute Gasteiger partial charge is 0.447 e. The standard InChI is InChI=1S/C6H10N2O5/c7-6(11)13-12-5(10)4-1-3(9)2-8-4/h3-4,8-9H,1-2H2,(H2,7,11)/t3-,4-/m0/s1. The molecule has 1 rings (SSSR count). The number of hydrogen-bond donors (Lipinski definition) is 3. The van der Waals surface area contributed by atoms with Gasteiger partial charge in [0.15, 0.2) is 0 Å². The number of carbonyl (C=O) groups is 2. The average molecular weight is 190 g/mol. The van der Waals surface area contributed by atoms with Crippen molar-refractivity contribution >= 4 is 12.1 Å². The van der Waals surface area contributed by atoms with Crippen LogP contribution >= 0.6 is 0 Å². The lowest BCUT2D eigenvalue weighted by Crippen LogP contribution is -2.33. The number of β-amino-alcohol motifs (C(OH)–C–C–N with tert-alkyl or cyclic N) is 1. The third-order valence-corrected chi connectivity index (χ3v) is 1.60. The van der Waals surface area contributed by atoms with Crippen molar-refractivity contribution in [3.63, 3.8) is 0 Å². The number of amides is 1. The summed E-state index contributed by atoms with van der Waals surface area (Å²) < 4.78 is 0. The smallest absolute Gasteiger partial charge is 0.392 e. The van der Waals surface area contributed by atoms with E-state index in [0.29, 0.717) is 6.54 Å². The molecule has 0 aromatic rings. The van der Waals surface area contributed by atoms with Gasteiger partial charge >= 0.3 is 12.1 Å². The molecule has 13 heavy (non-hydrogen) atoms. The van der Waals surface area contributed by atoms with E-state index >= 15 is 0 Å². The average Bonchev–Trinajstić information content (AvgIpc) is 2.47. The lowest BCUT2D eigenvalue weighted by molar-refractivity contribution is -0.232. The van der Waals surface area contributed by atoms with Gasteiger partial charge in [0.05, 0.1) is 6.10 Å². The summed E-state index contributed by atoms with van der Waals surface area (Å²) in [5.41, 5.74) is 4.56. The first-order valence-electron chi connectivity index (χ1n) is 3.69. The first kappa shape index (κ1) is 9.75. The lowest BCUT2D eigenvalue weighted by Gasteiger charge is -2.06. The summed E-state index contributed by atoms with van der Waals surface area (Å²) in [6.07, 6.45) is -1.53. The minimum absolute atomic E-state index is 0.237. The van der Waals surface area contributed by atoms with E-state index in [1.54, 1.807) is 0 Å². The predicted molar refractivity (Wildman–Crippen MR) is 39.2 cm³/mol. The van der Waals surface area contributed by atoms with Crippen molar-refractivity contribution in [2.45, 2.75) is 18.6 Å². The monoisotopic (exact) mass is 190 g/mol. The second kappa shape index (κ2) is 4.06. The van der Waals surface area contributed by atoms with Crippen LogP contribution in [0.4, 0.5) is 4.79 Å². The third kappa shape index (κ3) is 2.88. The fraction of sp³-hybridized carbons (Fsp3) is 0.667. The summed E-state index contributed by atoms with van der Waals surface area (Å²) in [5.74, 6) is -0.768. The van der Waals surface area contributed by atoms with E-state index in [9.17, 15) is 9.59 Å². The van der Waals surface area contributed by atoms with Crippen LogP contribution in [0.3, 0.4) is 0 Å². The summed E-state index contributed by atoms with van der Waals surface area (Å²) in [4.78, 5) is 28.9. The molecule has 1 amide bonds.